The van der Waals surface area contributed by atoms with Gasteiger partial charge < -0.3 is 20.9 Å². The quantitative estimate of drug-likeness (QED) is 0.705. The fourth-order valence-electron chi connectivity index (χ4n) is 4.68. The summed E-state index contributed by atoms with van der Waals surface area (Å²) in [6.07, 6.45) is -1.27. The van der Waals surface area contributed by atoms with Crippen LogP contribution in [0.25, 0.3) is 5.57 Å². The molecule has 4 rings (SSSR count). The highest BCUT2D eigenvalue weighted by Gasteiger charge is 2.47. The van der Waals surface area contributed by atoms with E-state index in [1.165, 1.54) is 17.2 Å². The van der Waals surface area contributed by atoms with Gasteiger partial charge in [0.25, 0.3) is 0 Å². The Balaban J connectivity index is 1.86. The third-order valence-electron chi connectivity index (χ3n) is 6.43. The van der Waals surface area contributed by atoms with Gasteiger partial charge in [-0.25, -0.2) is 4.79 Å². The highest BCUT2D eigenvalue weighted by atomic mass is 19.4. The van der Waals surface area contributed by atoms with Crippen LogP contribution in [0, 0.1) is 16.7 Å². The van der Waals surface area contributed by atoms with Crippen molar-refractivity contribution >= 4 is 17.5 Å². The van der Waals surface area contributed by atoms with Gasteiger partial charge in [-0.3, -0.25) is 4.79 Å². The number of rotatable bonds is 4. The van der Waals surface area contributed by atoms with E-state index in [1.807, 2.05) is 6.07 Å². The molecule has 1 aromatic carbocycles. The molecule has 176 valence electrons. The Bertz CT molecular complexity index is 1270. The van der Waals surface area contributed by atoms with Crippen LogP contribution in [0.4, 0.5) is 18.0 Å². The first-order chi connectivity index (χ1) is 16.1. The number of halogens is 3. The van der Waals surface area contributed by atoms with E-state index in [2.05, 4.69) is 5.16 Å². The smallest absolute Gasteiger partial charge is 0.369 e. The Hall–Kier alpha value is -4.07. The number of amides is 3. The van der Waals surface area contributed by atoms with Gasteiger partial charge in [-0.2, -0.15) is 18.4 Å². The Morgan fingerprint density at radius 2 is 2.06 bits per heavy atom. The number of carbonyl (C=O) groups is 2. The van der Waals surface area contributed by atoms with Gasteiger partial charge >= 0.3 is 12.2 Å². The van der Waals surface area contributed by atoms with Crippen LogP contribution in [0.2, 0.25) is 0 Å². The van der Waals surface area contributed by atoms with Crippen molar-refractivity contribution in [3.05, 3.63) is 70.1 Å². The van der Waals surface area contributed by atoms with Gasteiger partial charge in [0.2, 0.25) is 5.91 Å². The molecule has 2 heterocycles. The van der Waals surface area contributed by atoms with Crippen LogP contribution < -0.4 is 11.5 Å². The van der Waals surface area contributed by atoms with E-state index in [1.54, 1.807) is 12.1 Å². The molecule has 4 N–H and O–H groups in total. The molecule has 3 amide bonds. The maximum Gasteiger partial charge on any atom is 0.416 e. The summed E-state index contributed by atoms with van der Waals surface area (Å²) < 4.78 is 44.9. The highest BCUT2D eigenvalue weighted by molar-refractivity contribution is 5.92. The second kappa shape index (κ2) is 8.37. The molecule has 0 fully saturated rings. The lowest BCUT2D eigenvalue weighted by atomic mass is 9.64. The second-order valence-electron chi connectivity index (χ2n) is 8.29. The Kier molecular flexibility index (Phi) is 5.69. The third-order valence-corrected chi connectivity index (χ3v) is 6.43. The van der Waals surface area contributed by atoms with Crippen LogP contribution >= 0.6 is 0 Å². The van der Waals surface area contributed by atoms with Crippen molar-refractivity contribution in [1.29, 1.82) is 5.26 Å². The lowest BCUT2D eigenvalue weighted by Crippen LogP contribution is -2.50. The van der Waals surface area contributed by atoms with Crippen molar-refractivity contribution in [3.8, 4) is 6.07 Å². The first-order valence-electron chi connectivity index (χ1n) is 10.3. The molecule has 34 heavy (non-hydrogen) atoms. The predicted molar refractivity (Wildman–Crippen MR) is 113 cm³/mol. The van der Waals surface area contributed by atoms with E-state index in [0.717, 1.165) is 12.1 Å². The monoisotopic (exact) mass is 471 g/mol. The first kappa shape index (κ1) is 23.1. The van der Waals surface area contributed by atoms with Crippen molar-refractivity contribution < 1.29 is 27.3 Å². The zero-order valence-electron chi connectivity index (χ0n) is 17.9. The van der Waals surface area contributed by atoms with Gasteiger partial charge in [-0.05, 0) is 53.7 Å². The lowest BCUT2D eigenvalue weighted by molar-refractivity contribution is -0.137. The fourth-order valence-corrected chi connectivity index (χ4v) is 4.68. The molecule has 0 radical (unpaired) electrons. The normalized spacial score (nSPS) is 20.4. The number of nitriles is 1. The minimum atomic E-state index is -4.52. The molecule has 0 saturated carbocycles. The Morgan fingerprint density at radius 1 is 1.29 bits per heavy atom. The highest BCUT2D eigenvalue weighted by Crippen LogP contribution is 2.49. The fraction of sp³-hybridized carbons (Fsp3) is 0.304. The van der Waals surface area contributed by atoms with Crippen molar-refractivity contribution in [1.82, 2.24) is 10.1 Å². The zero-order chi connectivity index (χ0) is 24.7. The second-order valence-corrected chi connectivity index (χ2v) is 8.29. The number of allylic oxidation sites excluding steroid dienone is 2. The Labute approximate surface area is 192 Å². The number of alkyl halides is 3. The number of urea groups is 1. The predicted octanol–water partition coefficient (Wildman–Crippen LogP) is 3.15. The molecule has 2 aliphatic rings. The van der Waals surface area contributed by atoms with Crippen molar-refractivity contribution in [2.45, 2.75) is 25.4 Å². The SMILES string of the molecule is N#Cc1nocc1CC1(C(N)=O)CC=C(c2cccc(C(F)(F)F)c2)C2=C1CN(C(N)=O)CC2. The summed E-state index contributed by atoms with van der Waals surface area (Å²) >= 11 is 0. The molecule has 0 bridgehead atoms. The summed E-state index contributed by atoms with van der Waals surface area (Å²) in [6, 6.07) is 6.14. The van der Waals surface area contributed by atoms with Gasteiger partial charge in [0.05, 0.1) is 11.0 Å². The van der Waals surface area contributed by atoms with E-state index in [0.29, 0.717) is 27.8 Å². The maximum absolute atomic E-state index is 13.3. The largest absolute Gasteiger partial charge is 0.416 e. The standard InChI is InChI=1S/C23H20F3N5O3/c24-23(25,26)15-3-1-2-13(8-15)16-4-6-22(20(28)32,9-14-12-34-30-19(14)10-27)18-11-31(21(29)33)7-5-17(16)18/h1-4,8,12H,5-7,9,11H2,(H2,28,32)(H2,29,33). The lowest BCUT2D eigenvalue weighted by Gasteiger charge is -2.43. The van der Waals surface area contributed by atoms with Crippen molar-refractivity contribution in [3.63, 3.8) is 0 Å². The van der Waals surface area contributed by atoms with Gasteiger partial charge in [0, 0.05) is 18.7 Å². The number of nitrogens with zero attached hydrogens (tertiary/aromatic N) is 3. The molecule has 1 aliphatic heterocycles. The number of aromatic nitrogens is 1. The molecule has 1 atom stereocenters. The third kappa shape index (κ3) is 3.91. The molecule has 0 spiro atoms. The summed E-state index contributed by atoms with van der Waals surface area (Å²) in [6.45, 7) is 0.215. The van der Waals surface area contributed by atoms with Crippen LogP contribution in [0.15, 0.2) is 52.3 Å². The number of hydrogen-bond acceptors (Lipinski definition) is 5. The molecular formula is C23H20F3N5O3. The average Bonchev–Trinajstić information content (AvgIpc) is 3.25. The van der Waals surface area contributed by atoms with E-state index in [9.17, 15) is 28.0 Å². The van der Waals surface area contributed by atoms with Gasteiger partial charge in [0.1, 0.15) is 12.3 Å². The maximum atomic E-state index is 13.3. The number of hydrogen-bond donors (Lipinski definition) is 2. The molecule has 1 unspecified atom stereocenters. The molecule has 1 aliphatic carbocycles. The van der Waals surface area contributed by atoms with E-state index in [-0.39, 0.29) is 38.0 Å². The van der Waals surface area contributed by atoms with Gasteiger partial charge in [0.15, 0.2) is 5.69 Å². The van der Waals surface area contributed by atoms with Gasteiger partial charge in [-0.15, -0.1) is 0 Å². The average molecular weight is 471 g/mol. The minimum absolute atomic E-state index is 0.00185. The summed E-state index contributed by atoms with van der Waals surface area (Å²) in [7, 11) is 0. The minimum Gasteiger partial charge on any atom is -0.369 e. The van der Waals surface area contributed by atoms with Crippen molar-refractivity contribution in [2.24, 2.45) is 16.9 Å². The van der Waals surface area contributed by atoms with Crippen LogP contribution in [0.5, 0.6) is 0 Å². The summed E-state index contributed by atoms with van der Waals surface area (Å²) in [5, 5.41) is 12.9. The summed E-state index contributed by atoms with van der Waals surface area (Å²) in [4.78, 5) is 26.2. The molecule has 0 saturated heterocycles. The van der Waals surface area contributed by atoms with Crippen LogP contribution in [-0.2, 0) is 17.4 Å². The number of carbonyl (C=O) groups excluding carboxylic acids is 2. The first-order valence-corrected chi connectivity index (χ1v) is 10.3. The molecule has 2 aromatic rings. The van der Waals surface area contributed by atoms with Crippen LogP contribution in [0.3, 0.4) is 0 Å². The van der Waals surface area contributed by atoms with Crippen LogP contribution in [0.1, 0.15) is 35.2 Å². The molecular weight excluding hydrogens is 451 g/mol. The van der Waals surface area contributed by atoms with Gasteiger partial charge in [-0.1, -0.05) is 23.4 Å². The Morgan fingerprint density at radius 3 is 2.71 bits per heavy atom. The molecule has 1 aromatic heterocycles. The summed E-state index contributed by atoms with van der Waals surface area (Å²) in [5.74, 6) is -0.698. The topological polar surface area (TPSA) is 139 Å². The van der Waals surface area contributed by atoms with E-state index in [4.69, 9.17) is 16.0 Å². The number of primary amides is 2. The van der Waals surface area contributed by atoms with Crippen molar-refractivity contribution in [2.75, 3.05) is 13.1 Å². The molecule has 8 nitrogen and oxygen atoms in total. The number of nitrogens with two attached hydrogens (primary N) is 2. The number of benzene rings is 1. The zero-order valence-corrected chi connectivity index (χ0v) is 17.9. The summed E-state index contributed by atoms with van der Waals surface area (Å²) in [5.41, 5.74) is 11.6. The van der Waals surface area contributed by atoms with E-state index >= 15 is 0 Å². The van der Waals surface area contributed by atoms with E-state index < -0.39 is 29.1 Å². The van der Waals surface area contributed by atoms with Crippen LogP contribution in [-0.4, -0.2) is 35.1 Å². The molecule has 11 heteroatoms.